The molecule has 0 atom stereocenters. The quantitative estimate of drug-likeness (QED) is 0.210. The van der Waals surface area contributed by atoms with E-state index in [1.807, 2.05) is 0 Å². The van der Waals surface area contributed by atoms with Crippen molar-refractivity contribution in [2.24, 2.45) is 4.99 Å². The minimum Gasteiger partial charge on any atom is -0.307 e. The lowest BCUT2D eigenvalue weighted by molar-refractivity contribution is 0.562. The zero-order valence-electron chi connectivity index (χ0n) is 23.5. The number of aromatic nitrogens is 1. The molecule has 0 saturated carbocycles. The van der Waals surface area contributed by atoms with Crippen LogP contribution in [0, 0.1) is 0 Å². The third kappa shape index (κ3) is 3.58. The Labute approximate surface area is 249 Å². The van der Waals surface area contributed by atoms with Crippen molar-refractivity contribution in [3.8, 4) is 11.1 Å². The van der Waals surface area contributed by atoms with Crippen LogP contribution in [-0.4, -0.2) is 22.0 Å². The van der Waals surface area contributed by atoms with Crippen molar-refractivity contribution < 1.29 is 0 Å². The minimum absolute atomic E-state index is 0.750. The molecule has 0 bridgehead atoms. The lowest BCUT2D eigenvalue weighted by Crippen LogP contribution is -2.38. The van der Waals surface area contributed by atoms with Crippen LogP contribution in [0.5, 0.6) is 0 Å². The Morgan fingerprint density at radius 3 is 2.09 bits per heavy atom. The van der Waals surface area contributed by atoms with Crippen molar-refractivity contribution in [2.45, 2.75) is 0 Å². The first kappa shape index (κ1) is 24.0. The molecule has 43 heavy (non-hydrogen) atoms. The summed E-state index contributed by atoms with van der Waals surface area (Å²) in [6.45, 7) is 0.750. The van der Waals surface area contributed by atoms with Crippen molar-refractivity contribution in [1.82, 2.24) is 9.47 Å². The fourth-order valence-electron chi connectivity index (χ4n) is 6.95. The van der Waals surface area contributed by atoms with Gasteiger partial charge in [-0.3, -0.25) is 4.57 Å². The molecule has 0 N–H and O–H groups in total. The van der Waals surface area contributed by atoms with Gasteiger partial charge in [0.2, 0.25) is 5.96 Å². The van der Waals surface area contributed by atoms with Crippen molar-refractivity contribution in [3.05, 3.63) is 163 Å². The Morgan fingerprint density at radius 2 is 1.21 bits per heavy atom. The van der Waals surface area contributed by atoms with Crippen LogP contribution in [-0.2, 0) is 0 Å². The maximum Gasteiger partial charge on any atom is 0.215 e. The number of aliphatic imine (C=N–C) groups is 1. The molecule has 0 unspecified atom stereocenters. The zero-order valence-corrected chi connectivity index (χ0v) is 23.5. The standard InChI is InChI=1S/C40H27N3/c1-3-15-29-27(12-1)14-11-20-31(29)32-17-5-6-18-33(32)35-26-41-40(42-25-10-9-21-36(35)42)43-37-22-8-7-19-34(37)39-30-16-4-2-13-28(30)23-24-38(39)43/h1-24,26H,25H2. The van der Waals surface area contributed by atoms with E-state index in [1.54, 1.807) is 0 Å². The highest BCUT2D eigenvalue weighted by atomic mass is 15.3. The largest absolute Gasteiger partial charge is 0.307 e. The average Bonchev–Trinajstić information content (AvgIpc) is 3.42. The van der Waals surface area contributed by atoms with Gasteiger partial charge < -0.3 is 4.90 Å². The summed E-state index contributed by atoms with van der Waals surface area (Å²) in [7, 11) is 0. The van der Waals surface area contributed by atoms with Crippen molar-refractivity contribution >= 4 is 54.9 Å². The lowest BCUT2D eigenvalue weighted by atomic mass is 9.89. The second-order valence-corrected chi connectivity index (χ2v) is 11.2. The predicted octanol–water partition coefficient (Wildman–Crippen LogP) is 9.78. The summed E-state index contributed by atoms with van der Waals surface area (Å²) in [4.78, 5) is 7.62. The summed E-state index contributed by atoms with van der Waals surface area (Å²) in [6.07, 6.45) is 8.68. The highest BCUT2D eigenvalue weighted by Crippen LogP contribution is 2.41. The van der Waals surface area contributed by atoms with Crippen molar-refractivity contribution in [1.29, 1.82) is 0 Å². The van der Waals surface area contributed by atoms with Crippen LogP contribution in [0.3, 0.4) is 0 Å². The molecular formula is C40H27N3. The summed E-state index contributed by atoms with van der Waals surface area (Å²) in [5.41, 5.74) is 8.24. The molecule has 3 heteroatoms. The van der Waals surface area contributed by atoms with E-state index in [2.05, 4.69) is 161 Å². The van der Waals surface area contributed by atoms with Crippen LogP contribution in [0.1, 0.15) is 5.56 Å². The maximum atomic E-state index is 5.26. The van der Waals surface area contributed by atoms with Gasteiger partial charge in [-0.05, 0) is 56.4 Å². The SMILES string of the molecule is C1=CCN2C(=C1)C(c1ccccc1-c1cccc3ccccc13)=CN=C2n1c2ccccc2c2c3ccccc3ccc21. The van der Waals surface area contributed by atoms with Gasteiger partial charge in [0, 0.05) is 29.1 Å². The van der Waals surface area contributed by atoms with Gasteiger partial charge in [-0.25, -0.2) is 4.99 Å². The molecule has 0 saturated heterocycles. The number of nitrogens with zero attached hydrogens (tertiary/aromatic N) is 3. The molecule has 202 valence electrons. The Hall–Kier alpha value is -5.67. The normalized spacial score (nSPS) is 14.7. The van der Waals surface area contributed by atoms with E-state index in [0.717, 1.165) is 29.3 Å². The van der Waals surface area contributed by atoms with Gasteiger partial charge >= 0.3 is 0 Å². The molecule has 2 aliphatic heterocycles. The molecule has 0 spiro atoms. The summed E-state index contributed by atoms with van der Waals surface area (Å²) in [6, 6.07) is 45.8. The van der Waals surface area contributed by atoms with Crippen LogP contribution < -0.4 is 0 Å². The smallest absolute Gasteiger partial charge is 0.215 e. The number of allylic oxidation sites excluding steroid dienone is 3. The molecule has 0 radical (unpaired) electrons. The van der Waals surface area contributed by atoms with E-state index < -0.39 is 0 Å². The highest BCUT2D eigenvalue weighted by Gasteiger charge is 2.29. The minimum atomic E-state index is 0.750. The van der Waals surface area contributed by atoms with Crippen molar-refractivity contribution in [2.75, 3.05) is 6.54 Å². The molecule has 9 rings (SSSR count). The van der Waals surface area contributed by atoms with Gasteiger partial charge in [-0.2, -0.15) is 0 Å². The van der Waals surface area contributed by atoms with E-state index in [9.17, 15) is 0 Å². The Balaban J connectivity index is 1.29. The molecule has 1 aromatic heterocycles. The Bertz CT molecular complexity index is 2380. The number of fused-ring (bicyclic) bond motifs is 7. The van der Waals surface area contributed by atoms with Crippen molar-refractivity contribution in [3.63, 3.8) is 0 Å². The number of benzene rings is 6. The van der Waals surface area contributed by atoms with E-state index in [-0.39, 0.29) is 0 Å². The number of para-hydroxylation sites is 1. The molecule has 0 aliphatic carbocycles. The maximum absolute atomic E-state index is 5.26. The zero-order chi connectivity index (χ0) is 28.3. The summed E-state index contributed by atoms with van der Waals surface area (Å²) >= 11 is 0. The Morgan fingerprint density at radius 1 is 0.535 bits per heavy atom. The van der Waals surface area contributed by atoms with Gasteiger partial charge in [0.1, 0.15) is 0 Å². The van der Waals surface area contributed by atoms with E-state index in [4.69, 9.17) is 4.99 Å². The summed E-state index contributed by atoms with van der Waals surface area (Å²) in [5, 5.41) is 7.52. The molecule has 0 amide bonds. The average molecular weight is 550 g/mol. The molecule has 3 nitrogen and oxygen atoms in total. The molecule has 2 aliphatic rings. The topological polar surface area (TPSA) is 20.5 Å². The first-order valence-corrected chi connectivity index (χ1v) is 14.8. The first-order valence-electron chi connectivity index (χ1n) is 14.8. The molecular weight excluding hydrogens is 522 g/mol. The van der Waals surface area contributed by atoms with E-state index in [0.29, 0.717) is 0 Å². The van der Waals surface area contributed by atoms with E-state index >= 15 is 0 Å². The highest BCUT2D eigenvalue weighted by molar-refractivity contribution is 6.24. The second-order valence-electron chi connectivity index (χ2n) is 11.2. The summed E-state index contributed by atoms with van der Waals surface area (Å²) in [5.74, 6) is 0.920. The molecule has 6 aromatic carbocycles. The Kier molecular flexibility index (Phi) is 5.26. The molecule has 0 fully saturated rings. The molecule has 7 aromatic rings. The van der Waals surface area contributed by atoms with Crippen LogP contribution in [0.25, 0.3) is 60.1 Å². The number of rotatable bonds is 2. The fraction of sp³-hybridized carbons (Fsp3) is 0.0250. The molecule has 3 heterocycles. The summed E-state index contributed by atoms with van der Waals surface area (Å²) < 4.78 is 2.34. The predicted molar refractivity (Wildman–Crippen MR) is 181 cm³/mol. The monoisotopic (exact) mass is 549 g/mol. The van der Waals surface area contributed by atoms with Crippen LogP contribution in [0.2, 0.25) is 0 Å². The van der Waals surface area contributed by atoms with Gasteiger partial charge in [0.25, 0.3) is 0 Å². The second kappa shape index (κ2) is 9.43. The van der Waals surface area contributed by atoms with Crippen LogP contribution in [0.15, 0.2) is 163 Å². The van der Waals surface area contributed by atoms with E-state index in [1.165, 1.54) is 54.5 Å². The van der Waals surface area contributed by atoms with Gasteiger partial charge in [0.15, 0.2) is 0 Å². The number of hydrogen-bond acceptors (Lipinski definition) is 2. The van der Waals surface area contributed by atoms with Crippen LogP contribution >= 0.6 is 0 Å². The first-order chi connectivity index (χ1) is 21.4. The van der Waals surface area contributed by atoms with Crippen LogP contribution in [0.4, 0.5) is 0 Å². The van der Waals surface area contributed by atoms with Gasteiger partial charge in [0.05, 0.1) is 16.7 Å². The van der Waals surface area contributed by atoms with Gasteiger partial charge in [-0.15, -0.1) is 0 Å². The number of hydrogen-bond donors (Lipinski definition) is 0. The lowest BCUT2D eigenvalue weighted by Gasteiger charge is -2.34. The third-order valence-corrected chi connectivity index (χ3v) is 8.85. The third-order valence-electron chi connectivity index (χ3n) is 8.85. The fourth-order valence-corrected chi connectivity index (χ4v) is 6.95. The van der Waals surface area contributed by atoms with Gasteiger partial charge in [-0.1, -0.05) is 127 Å².